The summed E-state index contributed by atoms with van der Waals surface area (Å²) < 4.78 is 13.8. The van der Waals surface area contributed by atoms with Gasteiger partial charge in [0.1, 0.15) is 11.4 Å². The molecule has 1 fully saturated rings. The zero-order valence-electron chi connectivity index (χ0n) is 11.0. The SMILES string of the molecule is N#CC1(C2(O)CCc3c(F)cccc32)CCCCC1. The number of benzene rings is 1. The molecule has 2 aliphatic carbocycles. The Hall–Kier alpha value is -1.40. The molecule has 0 aliphatic heterocycles. The van der Waals surface area contributed by atoms with E-state index in [-0.39, 0.29) is 5.82 Å². The van der Waals surface area contributed by atoms with E-state index < -0.39 is 11.0 Å². The van der Waals surface area contributed by atoms with Crippen molar-refractivity contribution < 1.29 is 9.50 Å². The average Bonchev–Trinajstić information content (AvgIpc) is 2.80. The summed E-state index contributed by atoms with van der Waals surface area (Å²) in [5.74, 6) is -0.252. The van der Waals surface area contributed by atoms with Crippen molar-refractivity contribution in [2.75, 3.05) is 0 Å². The smallest absolute Gasteiger partial charge is 0.126 e. The minimum atomic E-state index is -1.17. The molecule has 1 aromatic rings. The fourth-order valence-electron chi connectivity index (χ4n) is 3.91. The molecule has 3 rings (SSSR count). The first-order valence-corrected chi connectivity index (χ1v) is 7.04. The molecule has 2 aliphatic rings. The highest BCUT2D eigenvalue weighted by Gasteiger charge is 2.55. The van der Waals surface area contributed by atoms with Crippen molar-refractivity contribution in [2.24, 2.45) is 5.41 Å². The van der Waals surface area contributed by atoms with E-state index >= 15 is 0 Å². The van der Waals surface area contributed by atoms with Gasteiger partial charge in [0.2, 0.25) is 0 Å². The lowest BCUT2D eigenvalue weighted by Crippen LogP contribution is -2.44. The number of hydrogen-bond donors (Lipinski definition) is 1. The topological polar surface area (TPSA) is 44.0 Å². The van der Waals surface area contributed by atoms with Crippen molar-refractivity contribution in [1.29, 1.82) is 5.26 Å². The molecule has 1 atom stereocenters. The Kier molecular flexibility index (Phi) is 2.87. The van der Waals surface area contributed by atoms with E-state index in [1.54, 1.807) is 12.1 Å². The van der Waals surface area contributed by atoms with Gasteiger partial charge in [-0.3, -0.25) is 0 Å². The summed E-state index contributed by atoms with van der Waals surface area (Å²) in [7, 11) is 0. The molecule has 19 heavy (non-hydrogen) atoms. The van der Waals surface area contributed by atoms with Gasteiger partial charge >= 0.3 is 0 Å². The number of aliphatic hydroxyl groups is 1. The van der Waals surface area contributed by atoms with Crippen LogP contribution in [0.5, 0.6) is 0 Å². The number of rotatable bonds is 1. The van der Waals surface area contributed by atoms with Gasteiger partial charge in [0, 0.05) is 0 Å². The molecule has 0 heterocycles. The molecule has 1 aromatic carbocycles. The number of fused-ring (bicyclic) bond motifs is 1. The maximum absolute atomic E-state index is 13.8. The highest BCUT2D eigenvalue weighted by atomic mass is 19.1. The van der Waals surface area contributed by atoms with Gasteiger partial charge in [0.15, 0.2) is 0 Å². The van der Waals surface area contributed by atoms with Gasteiger partial charge in [0.05, 0.1) is 11.5 Å². The van der Waals surface area contributed by atoms with Crippen LogP contribution >= 0.6 is 0 Å². The standard InChI is InChI=1S/C16H18FNO/c17-14-6-4-5-13-12(14)7-10-16(13,19)15(11-18)8-2-1-3-9-15/h4-6,19H,1-3,7-10H2. The minimum Gasteiger partial charge on any atom is -0.383 e. The Bertz CT molecular complexity index is 542. The molecule has 0 spiro atoms. The summed E-state index contributed by atoms with van der Waals surface area (Å²) in [6, 6.07) is 7.25. The van der Waals surface area contributed by atoms with Crippen molar-refractivity contribution in [3.63, 3.8) is 0 Å². The lowest BCUT2D eigenvalue weighted by molar-refractivity contribution is -0.0774. The number of halogens is 1. The molecule has 1 saturated carbocycles. The molecule has 100 valence electrons. The zero-order valence-corrected chi connectivity index (χ0v) is 11.0. The molecule has 1 unspecified atom stereocenters. The van der Waals surface area contributed by atoms with Gasteiger partial charge in [-0.05, 0) is 42.9 Å². The lowest BCUT2D eigenvalue weighted by Gasteiger charge is -2.43. The van der Waals surface area contributed by atoms with E-state index in [1.165, 1.54) is 6.07 Å². The van der Waals surface area contributed by atoms with Crippen molar-refractivity contribution >= 4 is 0 Å². The van der Waals surface area contributed by atoms with Crippen LogP contribution in [0.4, 0.5) is 4.39 Å². The highest BCUT2D eigenvalue weighted by molar-refractivity contribution is 5.42. The molecular weight excluding hydrogens is 241 g/mol. The fourth-order valence-corrected chi connectivity index (χ4v) is 3.91. The number of nitrogens with zero attached hydrogens (tertiary/aromatic N) is 1. The van der Waals surface area contributed by atoms with Gasteiger partial charge < -0.3 is 5.11 Å². The summed E-state index contributed by atoms with van der Waals surface area (Å²) >= 11 is 0. The van der Waals surface area contributed by atoms with E-state index in [4.69, 9.17) is 0 Å². The molecule has 2 nitrogen and oxygen atoms in total. The van der Waals surface area contributed by atoms with Gasteiger partial charge in [-0.2, -0.15) is 5.26 Å². The first-order valence-electron chi connectivity index (χ1n) is 7.04. The third-order valence-corrected chi connectivity index (χ3v) is 5.01. The van der Waals surface area contributed by atoms with Crippen LogP contribution in [0, 0.1) is 22.6 Å². The zero-order chi connectivity index (χ0) is 13.5. The molecule has 0 radical (unpaired) electrons. The van der Waals surface area contributed by atoms with Crippen LogP contribution in [0.25, 0.3) is 0 Å². The van der Waals surface area contributed by atoms with Gasteiger partial charge in [-0.25, -0.2) is 4.39 Å². The van der Waals surface area contributed by atoms with Crippen LogP contribution in [0.2, 0.25) is 0 Å². The van der Waals surface area contributed by atoms with Crippen molar-refractivity contribution in [1.82, 2.24) is 0 Å². The lowest BCUT2D eigenvalue weighted by atomic mass is 9.62. The monoisotopic (exact) mass is 259 g/mol. The molecule has 0 aromatic heterocycles. The van der Waals surface area contributed by atoms with Crippen molar-refractivity contribution in [3.8, 4) is 6.07 Å². The van der Waals surface area contributed by atoms with E-state index in [1.807, 2.05) is 0 Å². The van der Waals surface area contributed by atoms with Gasteiger partial charge in [0.25, 0.3) is 0 Å². The van der Waals surface area contributed by atoms with E-state index in [2.05, 4.69) is 6.07 Å². The second kappa shape index (κ2) is 4.31. The normalized spacial score (nSPS) is 28.7. The number of nitriles is 1. The Morgan fingerprint density at radius 3 is 2.58 bits per heavy atom. The molecular formula is C16H18FNO. The fraction of sp³-hybridized carbons (Fsp3) is 0.562. The summed E-state index contributed by atoms with van der Waals surface area (Å²) in [4.78, 5) is 0. The van der Waals surface area contributed by atoms with Crippen LogP contribution in [-0.2, 0) is 12.0 Å². The predicted molar refractivity (Wildman–Crippen MR) is 69.7 cm³/mol. The highest BCUT2D eigenvalue weighted by Crippen LogP contribution is 2.55. The van der Waals surface area contributed by atoms with Crippen LogP contribution in [0.3, 0.4) is 0 Å². The summed E-state index contributed by atoms with van der Waals surface area (Å²) in [5.41, 5.74) is -0.648. The molecule has 1 N–H and O–H groups in total. The molecule has 0 saturated heterocycles. The second-order valence-electron chi connectivity index (χ2n) is 5.88. The van der Waals surface area contributed by atoms with Crippen LogP contribution in [0.1, 0.15) is 49.7 Å². The van der Waals surface area contributed by atoms with E-state index in [0.717, 1.165) is 32.1 Å². The predicted octanol–water partition coefficient (Wildman–Crippen LogP) is 3.43. The summed E-state index contributed by atoms with van der Waals surface area (Å²) in [6.07, 6.45) is 5.50. The van der Waals surface area contributed by atoms with Crippen LogP contribution < -0.4 is 0 Å². The largest absolute Gasteiger partial charge is 0.383 e. The van der Waals surface area contributed by atoms with Gasteiger partial charge in [-0.1, -0.05) is 31.4 Å². The number of hydrogen-bond acceptors (Lipinski definition) is 2. The molecule has 3 heteroatoms. The van der Waals surface area contributed by atoms with Crippen LogP contribution in [0.15, 0.2) is 18.2 Å². The maximum atomic E-state index is 13.8. The van der Waals surface area contributed by atoms with E-state index in [9.17, 15) is 14.8 Å². The summed E-state index contributed by atoms with van der Waals surface area (Å²) in [5, 5.41) is 20.8. The van der Waals surface area contributed by atoms with Crippen molar-refractivity contribution in [3.05, 3.63) is 35.1 Å². The Morgan fingerprint density at radius 2 is 1.89 bits per heavy atom. The Labute approximate surface area is 112 Å². The Balaban J connectivity index is 2.11. The molecule has 0 bridgehead atoms. The third-order valence-electron chi connectivity index (χ3n) is 5.01. The average molecular weight is 259 g/mol. The van der Waals surface area contributed by atoms with Gasteiger partial charge in [-0.15, -0.1) is 0 Å². The van der Waals surface area contributed by atoms with Crippen molar-refractivity contribution in [2.45, 2.75) is 50.5 Å². The van der Waals surface area contributed by atoms with Crippen LogP contribution in [-0.4, -0.2) is 5.11 Å². The Morgan fingerprint density at radius 1 is 1.16 bits per heavy atom. The minimum absolute atomic E-state index is 0.252. The third kappa shape index (κ3) is 1.63. The first-order chi connectivity index (χ1) is 9.13. The maximum Gasteiger partial charge on any atom is 0.126 e. The summed E-state index contributed by atoms with van der Waals surface area (Å²) in [6.45, 7) is 0. The van der Waals surface area contributed by atoms with E-state index in [0.29, 0.717) is 24.0 Å². The first kappa shape index (κ1) is 12.6. The quantitative estimate of drug-likeness (QED) is 0.839. The molecule has 0 amide bonds. The second-order valence-corrected chi connectivity index (χ2v) is 5.88.